The summed E-state index contributed by atoms with van der Waals surface area (Å²) in [6.07, 6.45) is 3.77. The lowest BCUT2D eigenvalue weighted by Gasteiger charge is -2.07. The third-order valence-electron chi connectivity index (χ3n) is 4.27. The van der Waals surface area contributed by atoms with E-state index in [9.17, 15) is 0 Å². The smallest absolute Gasteiger partial charge is 0.138 e. The fourth-order valence-corrected chi connectivity index (χ4v) is 3.06. The van der Waals surface area contributed by atoms with Crippen LogP contribution >= 0.6 is 0 Å². The third-order valence-corrected chi connectivity index (χ3v) is 4.27. The summed E-state index contributed by atoms with van der Waals surface area (Å²) in [5.74, 6) is 0. The van der Waals surface area contributed by atoms with Crippen LogP contribution in [-0.4, -0.2) is 15.0 Å². The standard InChI is InChI=1S/C20H20N4/c1-14-6-8-15(9-7-14)19-17-5-3-11-23-20(17)24-18(19)13-21-12-16-4-2-10-22-16/h2-11,21-22H,12-13H2,1H3,(H,23,24). The van der Waals surface area contributed by atoms with Crippen LogP contribution in [0.25, 0.3) is 22.2 Å². The Hall–Kier alpha value is -2.85. The number of aryl methyl sites for hydroxylation is 1. The Labute approximate surface area is 141 Å². The molecule has 0 bridgehead atoms. The van der Waals surface area contributed by atoms with Gasteiger partial charge in [0.1, 0.15) is 5.65 Å². The van der Waals surface area contributed by atoms with Gasteiger partial charge >= 0.3 is 0 Å². The van der Waals surface area contributed by atoms with Crippen LogP contribution in [0.15, 0.2) is 60.9 Å². The van der Waals surface area contributed by atoms with Gasteiger partial charge in [0.15, 0.2) is 0 Å². The topological polar surface area (TPSA) is 56.5 Å². The number of hydrogen-bond donors (Lipinski definition) is 3. The average Bonchev–Trinajstić information content (AvgIpc) is 3.23. The zero-order valence-corrected chi connectivity index (χ0v) is 13.6. The molecule has 0 saturated heterocycles. The second-order valence-corrected chi connectivity index (χ2v) is 6.04. The number of pyridine rings is 1. The quantitative estimate of drug-likeness (QED) is 0.518. The van der Waals surface area contributed by atoms with Crippen molar-refractivity contribution in [1.29, 1.82) is 0 Å². The summed E-state index contributed by atoms with van der Waals surface area (Å²) in [6, 6.07) is 16.9. The summed E-state index contributed by atoms with van der Waals surface area (Å²) in [6.45, 7) is 3.68. The number of fused-ring (bicyclic) bond motifs is 1. The highest BCUT2D eigenvalue weighted by molar-refractivity contribution is 5.95. The van der Waals surface area contributed by atoms with Crippen molar-refractivity contribution in [3.63, 3.8) is 0 Å². The van der Waals surface area contributed by atoms with Gasteiger partial charge in [0.2, 0.25) is 0 Å². The first-order valence-corrected chi connectivity index (χ1v) is 8.17. The molecule has 4 nitrogen and oxygen atoms in total. The van der Waals surface area contributed by atoms with Crippen LogP contribution in [-0.2, 0) is 13.1 Å². The van der Waals surface area contributed by atoms with Gasteiger partial charge in [-0.2, -0.15) is 0 Å². The summed E-state index contributed by atoms with van der Waals surface area (Å²) < 4.78 is 0. The largest absolute Gasteiger partial charge is 0.364 e. The maximum Gasteiger partial charge on any atom is 0.138 e. The molecule has 120 valence electrons. The van der Waals surface area contributed by atoms with Crippen LogP contribution in [0, 0.1) is 6.92 Å². The fourth-order valence-electron chi connectivity index (χ4n) is 3.06. The number of nitrogens with one attached hydrogen (secondary N) is 3. The van der Waals surface area contributed by atoms with Crippen molar-refractivity contribution in [2.45, 2.75) is 20.0 Å². The van der Waals surface area contributed by atoms with Gasteiger partial charge in [-0.3, -0.25) is 0 Å². The Morgan fingerprint density at radius 3 is 2.67 bits per heavy atom. The normalized spacial score (nSPS) is 11.2. The Morgan fingerprint density at radius 2 is 1.88 bits per heavy atom. The van der Waals surface area contributed by atoms with E-state index in [1.807, 2.05) is 24.5 Å². The minimum absolute atomic E-state index is 0.762. The van der Waals surface area contributed by atoms with Gasteiger partial charge < -0.3 is 15.3 Å². The molecule has 0 atom stereocenters. The van der Waals surface area contributed by atoms with E-state index in [0.29, 0.717) is 0 Å². The molecule has 0 aliphatic rings. The molecule has 1 aromatic carbocycles. The Kier molecular flexibility index (Phi) is 3.89. The van der Waals surface area contributed by atoms with Crippen molar-refractivity contribution in [2.24, 2.45) is 0 Å². The molecular weight excluding hydrogens is 296 g/mol. The van der Waals surface area contributed by atoms with E-state index in [1.165, 1.54) is 28.1 Å². The van der Waals surface area contributed by atoms with Crippen molar-refractivity contribution >= 4 is 11.0 Å². The highest BCUT2D eigenvalue weighted by Gasteiger charge is 2.13. The summed E-state index contributed by atoms with van der Waals surface area (Å²) >= 11 is 0. The molecule has 0 amide bonds. The summed E-state index contributed by atoms with van der Waals surface area (Å²) in [5, 5.41) is 4.66. The van der Waals surface area contributed by atoms with Crippen LogP contribution in [0.5, 0.6) is 0 Å². The van der Waals surface area contributed by atoms with E-state index in [2.05, 4.69) is 63.6 Å². The second-order valence-electron chi connectivity index (χ2n) is 6.04. The highest BCUT2D eigenvalue weighted by atomic mass is 14.9. The van der Waals surface area contributed by atoms with Gasteiger partial charge in [-0.25, -0.2) is 4.98 Å². The molecule has 4 heteroatoms. The molecule has 24 heavy (non-hydrogen) atoms. The third kappa shape index (κ3) is 2.84. The second kappa shape index (κ2) is 6.34. The molecule has 0 fully saturated rings. The van der Waals surface area contributed by atoms with Crippen molar-refractivity contribution in [2.75, 3.05) is 0 Å². The fraction of sp³-hybridized carbons (Fsp3) is 0.150. The molecule has 4 aromatic rings. The van der Waals surface area contributed by atoms with Gasteiger partial charge in [0, 0.05) is 47.8 Å². The number of hydrogen-bond acceptors (Lipinski definition) is 2. The maximum atomic E-state index is 4.47. The van der Waals surface area contributed by atoms with E-state index >= 15 is 0 Å². The molecule has 3 heterocycles. The average molecular weight is 316 g/mol. The zero-order chi connectivity index (χ0) is 16.4. The number of nitrogens with zero attached hydrogens (tertiary/aromatic N) is 1. The number of benzene rings is 1. The molecule has 0 spiro atoms. The van der Waals surface area contributed by atoms with Gasteiger partial charge in [-0.15, -0.1) is 0 Å². The van der Waals surface area contributed by atoms with Crippen molar-refractivity contribution in [1.82, 2.24) is 20.3 Å². The monoisotopic (exact) mass is 316 g/mol. The Bertz CT molecular complexity index is 934. The molecule has 3 aromatic heterocycles. The number of aromatic nitrogens is 3. The molecule has 0 aliphatic heterocycles. The maximum absolute atomic E-state index is 4.47. The van der Waals surface area contributed by atoms with E-state index < -0.39 is 0 Å². The van der Waals surface area contributed by atoms with E-state index in [4.69, 9.17) is 0 Å². The molecule has 4 rings (SSSR count). The summed E-state index contributed by atoms with van der Waals surface area (Å²) in [7, 11) is 0. The molecule has 0 radical (unpaired) electrons. The van der Waals surface area contributed by atoms with E-state index in [0.717, 1.165) is 24.1 Å². The van der Waals surface area contributed by atoms with Crippen molar-refractivity contribution in [3.8, 4) is 11.1 Å². The van der Waals surface area contributed by atoms with Gasteiger partial charge in [0.25, 0.3) is 0 Å². The first kappa shape index (κ1) is 14.7. The highest BCUT2D eigenvalue weighted by Crippen LogP contribution is 2.31. The Morgan fingerprint density at radius 1 is 1.00 bits per heavy atom. The van der Waals surface area contributed by atoms with Gasteiger partial charge in [-0.1, -0.05) is 29.8 Å². The van der Waals surface area contributed by atoms with Crippen LogP contribution < -0.4 is 5.32 Å². The number of H-pyrrole nitrogens is 2. The van der Waals surface area contributed by atoms with Crippen LogP contribution in [0.1, 0.15) is 17.0 Å². The lowest BCUT2D eigenvalue weighted by atomic mass is 10.0. The van der Waals surface area contributed by atoms with Gasteiger partial charge in [-0.05, 0) is 36.8 Å². The zero-order valence-electron chi connectivity index (χ0n) is 13.6. The molecule has 0 unspecified atom stereocenters. The molecule has 0 aliphatic carbocycles. The van der Waals surface area contributed by atoms with Crippen LogP contribution in [0.4, 0.5) is 0 Å². The Balaban J connectivity index is 1.68. The van der Waals surface area contributed by atoms with Crippen LogP contribution in [0.2, 0.25) is 0 Å². The minimum atomic E-state index is 0.762. The molecule has 0 saturated carbocycles. The first-order valence-electron chi connectivity index (χ1n) is 8.17. The molecular formula is C20H20N4. The predicted molar refractivity (Wildman–Crippen MR) is 97.6 cm³/mol. The lowest BCUT2D eigenvalue weighted by Crippen LogP contribution is -2.13. The first-order chi connectivity index (χ1) is 11.8. The van der Waals surface area contributed by atoms with Gasteiger partial charge in [0.05, 0.1) is 0 Å². The van der Waals surface area contributed by atoms with E-state index in [-0.39, 0.29) is 0 Å². The van der Waals surface area contributed by atoms with E-state index in [1.54, 1.807) is 0 Å². The molecule has 3 N–H and O–H groups in total. The summed E-state index contributed by atoms with van der Waals surface area (Å²) in [4.78, 5) is 11.2. The summed E-state index contributed by atoms with van der Waals surface area (Å²) in [5.41, 5.74) is 7.00. The lowest BCUT2D eigenvalue weighted by molar-refractivity contribution is 0.674. The predicted octanol–water partition coefficient (Wildman–Crippen LogP) is 4.16. The van der Waals surface area contributed by atoms with Crippen molar-refractivity contribution in [3.05, 3.63) is 77.9 Å². The van der Waals surface area contributed by atoms with Crippen LogP contribution in [0.3, 0.4) is 0 Å². The number of aromatic amines is 2. The SMILES string of the molecule is Cc1ccc(-c2c(CNCc3ccc[nH]3)[nH]c3ncccc23)cc1. The minimum Gasteiger partial charge on any atom is -0.364 e. The number of rotatable bonds is 5. The van der Waals surface area contributed by atoms with Crippen molar-refractivity contribution < 1.29 is 0 Å².